The number of hydrogen-bond donors (Lipinski definition) is 7. The zero-order valence-electron chi connectivity index (χ0n) is 38.6. The summed E-state index contributed by atoms with van der Waals surface area (Å²) in [6.07, 6.45) is 18.0. The molecule has 15 heteroatoms. The maximum Gasteiger partial charge on any atom is 0.306 e. The van der Waals surface area contributed by atoms with Crippen molar-refractivity contribution in [3.63, 3.8) is 0 Å². The molecule has 0 aromatic rings. The molecule has 4 unspecified atom stereocenters. The average molecular weight is 903 g/mol. The van der Waals surface area contributed by atoms with Gasteiger partial charge >= 0.3 is 11.9 Å². The molecule has 368 valence electrons. The highest BCUT2D eigenvalue weighted by molar-refractivity contribution is 5.70. The van der Waals surface area contributed by atoms with Gasteiger partial charge in [0.1, 0.15) is 55.4 Å². The predicted molar refractivity (Wildman–Crippen MR) is 238 cm³/mol. The molecule has 7 N–H and O–H groups in total. The number of carbonyl (C=O) groups is 2. The first-order valence-electron chi connectivity index (χ1n) is 24.4. The van der Waals surface area contributed by atoms with Crippen LogP contribution in [0.5, 0.6) is 0 Å². The number of esters is 2. The van der Waals surface area contributed by atoms with E-state index in [0.29, 0.717) is 19.3 Å². The van der Waals surface area contributed by atoms with Crippen LogP contribution in [0, 0.1) is 0 Å². The lowest BCUT2D eigenvalue weighted by Gasteiger charge is -2.42. The van der Waals surface area contributed by atoms with Crippen molar-refractivity contribution in [2.45, 2.75) is 242 Å². The van der Waals surface area contributed by atoms with E-state index in [1.807, 2.05) is 6.08 Å². The molecule has 0 amide bonds. The summed E-state index contributed by atoms with van der Waals surface area (Å²) in [4.78, 5) is 25.6. The van der Waals surface area contributed by atoms with Gasteiger partial charge in [0, 0.05) is 12.8 Å². The molecule has 0 aliphatic carbocycles. The van der Waals surface area contributed by atoms with E-state index in [0.717, 1.165) is 32.1 Å². The molecule has 0 aromatic heterocycles. The molecule has 0 spiro atoms. The van der Waals surface area contributed by atoms with Crippen LogP contribution in [0.1, 0.15) is 174 Å². The van der Waals surface area contributed by atoms with Crippen LogP contribution in [0.2, 0.25) is 0 Å². The van der Waals surface area contributed by atoms with Crippen LogP contribution in [-0.4, -0.2) is 142 Å². The zero-order chi connectivity index (χ0) is 46.1. The Morgan fingerprint density at radius 3 is 1.52 bits per heavy atom. The average Bonchev–Trinajstić information content (AvgIpc) is 3.28. The first kappa shape index (κ1) is 57.1. The molecule has 2 aliphatic heterocycles. The second kappa shape index (κ2) is 36.1. The van der Waals surface area contributed by atoms with E-state index in [4.69, 9.17) is 28.4 Å². The summed E-state index contributed by atoms with van der Waals surface area (Å²) in [6, 6.07) is 0. The smallest absolute Gasteiger partial charge is 0.306 e. The second-order valence-electron chi connectivity index (χ2n) is 17.3. The molecular weight excluding hydrogens is 817 g/mol. The van der Waals surface area contributed by atoms with Crippen LogP contribution in [-0.2, 0) is 38.0 Å². The minimum absolute atomic E-state index is 0.104. The van der Waals surface area contributed by atoms with E-state index in [1.165, 1.54) is 96.3 Å². The summed E-state index contributed by atoms with van der Waals surface area (Å²) < 4.78 is 33.4. The van der Waals surface area contributed by atoms with E-state index in [1.54, 1.807) is 0 Å². The first-order valence-corrected chi connectivity index (χ1v) is 24.4. The largest absolute Gasteiger partial charge is 0.462 e. The fourth-order valence-corrected chi connectivity index (χ4v) is 7.61. The van der Waals surface area contributed by atoms with Gasteiger partial charge in [-0.05, 0) is 38.5 Å². The molecule has 0 saturated carbocycles. The lowest BCUT2D eigenvalue weighted by molar-refractivity contribution is -0.332. The Morgan fingerprint density at radius 1 is 0.508 bits per heavy atom. The maximum absolute atomic E-state index is 12.9. The third-order valence-corrected chi connectivity index (χ3v) is 11.7. The van der Waals surface area contributed by atoms with Crippen LogP contribution in [0.4, 0.5) is 0 Å². The number of ether oxygens (including phenoxy) is 6. The highest BCUT2D eigenvalue weighted by Crippen LogP contribution is 2.26. The molecule has 63 heavy (non-hydrogen) atoms. The Bertz CT molecular complexity index is 1200. The summed E-state index contributed by atoms with van der Waals surface area (Å²) in [5.74, 6) is -0.976. The summed E-state index contributed by atoms with van der Waals surface area (Å²) in [7, 11) is 0. The van der Waals surface area contributed by atoms with Crippen LogP contribution >= 0.6 is 0 Å². The third-order valence-electron chi connectivity index (χ3n) is 11.7. The quantitative estimate of drug-likeness (QED) is 0.0216. The van der Waals surface area contributed by atoms with Crippen LogP contribution < -0.4 is 0 Å². The SMILES string of the molecule is CCCCCCCCCCC/C=C/C/C=C/CCCC(=O)O[C@H](COC(=O)CCCCCCCCCCCC)CO[C@H]1O[C@@H](CO[C@H]2O[C@@H](CO)[C@@H](O)C(O)C2O)[C@@H](O)C(O)C1O. The van der Waals surface area contributed by atoms with Crippen molar-refractivity contribution >= 4 is 11.9 Å². The molecule has 0 bridgehead atoms. The van der Waals surface area contributed by atoms with Gasteiger partial charge in [0.15, 0.2) is 18.7 Å². The van der Waals surface area contributed by atoms with Gasteiger partial charge in [0.2, 0.25) is 0 Å². The molecule has 2 aliphatic rings. The fourth-order valence-electron chi connectivity index (χ4n) is 7.61. The normalized spacial score (nSPS) is 27.0. The standard InChI is InChI=1S/C48H86O15/c1-3-5-7-9-11-13-15-16-17-18-19-20-21-23-25-27-29-31-40(51)61-36(33-58-39(50)30-28-26-24-22-14-12-10-8-6-4-2)34-59-47-46(57)44(55)42(53)38(63-47)35-60-48-45(56)43(54)41(52)37(32-49)62-48/h19-20,23,25,36-38,41-49,52-57H,3-18,21-22,24,26-35H2,1-2H3/b20-19+,25-23+/t36-,37+,38+,41-,42-,43?,44?,45?,46?,47+,48+/m1/s1. The summed E-state index contributed by atoms with van der Waals surface area (Å²) in [5, 5.41) is 71.9. The first-order chi connectivity index (χ1) is 30.5. The molecule has 2 saturated heterocycles. The summed E-state index contributed by atoms with van der Waals surface area (Å²) in [6.45, 7) is 2.53. The van der Waals surface area contributed by atoms with Gasteiger partial charge < -0.3 is 64.2 Å². The molecular formula is C48H86O15. The van der Waals surface area contributed by atoms with Crippen molar-refractivity contribution in [3.8, 4) is 0 Å². The van der Waals surface area contributed by atoms with Crippen molar-refractivity contribution in [2.75, 3.05) is 26.4 Å². The minimum atomic E-state index is -1.77. The van der Waals surface area contributed by atoms with Crippen LogP contribution in [0.25, 0.3) is 0 Å². The number of hydrogen-bond acceptors (Lipinski definition) is 15. The van der Waals surface area contributed by atoms with E-state index in [9.17, 15) is 45.3 Å². The van der Waals surface area contributed by atoms with Gasteiger partial charge in [-0.25, -0.2) is 0 Å². The molecule has 2 rings (SSSR count). The Kier molecular flexibility index (Phi) is 32.8. The monoisotopic (exact) mass is 903 g/mol. The van der Waals surface area contributed by atoms with Gasteiger partial charge in [-0.3, -0.25) is 9.59 Å². The maximum atomic E-state index is 12.9. The van der Waals surface area contributed by atoms with Crippen molar-refractivity contribution in [3.05, 3.63) is 24.3 Å². The van der Waals surface area contributed by atoms with Gasteiger partial charge in [-0.15, -0.1) is 0 Å². The number of unbranched alkanes of at least 4 members (excludes halogenated alkanes) is 19. The van der Waals surface area contributed by atoms with E-state index in [2.05, 4.69) is 32.1 Å². The highest BCUT2D eigenvalue weighted by Gasteiger charge is 2.47. The van der Waals surface area contributed by atoms with Crippen LogP contribution in [0.3, 0.4) is 0 Å². The molecule has 2 heterocycles. The number of carbonyl (C=O) groups excluding carboxylic acids is 2. The van der Waals surface area contributed by atoms with E-state index < -0.39 is 99.3 Å². The van der Waals surface area contributed by atoms with Gasteiger partial charge in [-0.2, -0.15) is 0 Å². The predicted octanol–water partition coefficient (Wildman–Crippen LogP) is 5.99. The molecule has 0 radical (unpaired) electrons. The Hall–Kier alpha value is -2.02. The van der Waals surface area contributed by atoms with Crippen LogP contribution in [0.15, 0.2) is 24.3 Å². The lowest BCUT2D eigenvalue weighted by atomic mass is 9.98. The Labute approximate surface area is 377 Å². The lowest BCUT2D eigenvalue weighted by Crippen LogP contribution is -2.61. The summed E-state index contributed by atoms with van der Waals surface area (Å²) in [5.41, 5.74) is 0. The number of aliphatic hydroxyl groups is 7. The molecule has 0 aromatic carbocycles. The van der Waals surface area contributed by atoms with Crippen molar-refractivity contribution in [1.29, 1.82) is 0 Å². The fraction of sp³-hybridized carbons (Fsp3) is 0.875. The van der Waals surface area contributed by atoms with Gasteiger partial charge in [0.25, 0.3) is 0 Å². The topological polar surface area (TPSA) is 231 Å². The van der Waals surface area contributed by atoms with Crippen molar-refractivity contribution in [2.24, 2.45) is 0 Å². The van der Waals surface area contributed by atoms with E-state index in [-0.39, 0.29) is 19.4 Å². The molecule has 15 nitrogen and oxygen atoms in total. The third kappa shape index (κ3) is 24.9. The summed E-state index contributed by atoms with van der Waals surface area (Å²) >= 11 is 0. The Balaban J connectivity index is 1.84. The Morgan fingerprint density at radius 2 is 0.968 bits per heavy atom. The van der Waals surface area contributed by atoms with E-state index >= 15 is 0 Å². The number of aliphatic hydroxyl groups excluding tert-OH is 7. The number of rotatable bonds is 37. The number of allylic oxidation sites excluding steroid dienone is 4. The van der Waals surface area contributed by atoms with Crippen molar-refractivity contribution in [1.82, 2.24) is 0 Å². The highest BCUT2D eigenvalue weighted by atomic mass is 16.7. The second-order valence-corrected chi connectivity index (χ2v) is 17.3. The van der Waals surface area contributed by atoms with Gasteiger partial charge in [-0.1, -0.05) is 147 Å². The molecule has 11 atom stereocenters. The molecule has 2 fully saturated rings. The van der Waals surface area contributed by atoms with Gasteiger partial charge in [0.05, 0.1) is 19.8 Å². The minimum Gasteiger partial charge on any atom is -0.462 e. The van der Waals surface area contributed by atoms with Crippen molar-refractivity contribution < 1.29 is 73.8 Å². The zero-order valence-corrected chi connectivity index (χ0v) is 38.6.